The fourth-order valence-electron chi connectivity index (χ4n) is 3.09. The van der Waals surface area contributed by atoms with Crippen LogP contribution < -0.4 is 10.2 Å². The van der Waals surface area contributed by atoms with Crippen LogP contribution in [-0.4, -0.2) is 27.7 Å². The van der Waals surface area contributed by atoms with Crippen LogP contribution in [0.1, 0.15) is 17.9 Å². The smallest absolute Gasteiger partial charge is 0.248 e. The summed E-state index contributed by atoms with van der Waals surface area (Å²) in [5.41, 5.74) is 2.57. The molecule has 1 amide bonds. The zero-order chi connectivity index (χ0) is 21.5. The number of benzene rings is 2. The quantitative estimate of drug-likeness (QED) is 0.461. The first-order valence-corrected chi connectivity index (χ1v) is 9.95. The normalized spacial score (nSPS) is 11.5. The number of amides is 1. The van der Waals surface area contributed by atoms with Crippen molar-refractivity contribution >= 4 is 5.91 Å². The van der Waals surface area contributed by atoms with Crippen molar-refractivity contribution in [3.05, 3.63) is 95.9 Å². The number of ether oxygens (including phenoxy) is 1. The molecular formula is C24H22N4O3. The summed E-state index contributed by atoms with van der Waals surface area (Å²) in [6.07, 6.45) is 2.43. The van der Waals surface area contributed by atoms with Crippen molar-refractivity contribution in [1.29, 1.82) is 0 Å². The largest absolute Gasteiger partial charge is 0.497 e. The number of pyridine rings is 1. The van der Waals surface area contributed by atoms with E-state index in [9.17, 15) is 4.79 Å². The monoisotopic (exact) mass is 414 g/mol. The minimum absolute atomic E-state index is 0.185. The van der Waals surface area contributed by atoms with Gasteiger partial charge in [-0.2, -0.15) is 9.98 Å². The maximum atomic E-state index is 12.5. The number of rotatable bonds is 7. The molecule has 7 nitrogen and oxygen atoms in total. The number of aromatic nitrogens is 3. The number of nitrogens with zero attached hydrogens (tertiary/aromatic N) is 4. The van der Waals surface area contributed by atoms with E-state index in [0.29, 0.717) is 30.2 Å². The molecule has 0 aliphatic rings. The van der Waals surface area contributed by atoms with Crippen LogP contribution in [0.5, 0.6) is 5.75 Å². The van der Waals surface area contributed by atoms with Crippen LogP contribution in [0.4, 0.5) is 0 Å². The number of hydrogen-bond donors (Lipinski definition) is 0. The fraction of sp³-hybridized carbons (Fsp3) is 0.167. The Hall–Kier alpha value is -4.00. The fourth-order valence-corrected chi connectivity index (χ4v) is 3.09. The van der Waals surface area contributed by atoms with Gasteiger partial charge in [-0.05, 0) is 42.0 Å². The molecule has 0 radical (unpaired) electrons. The molecule has 7 heteroatoms. The second kappa shape index (κ2) is 9.67. The van der Waals surface area contributed by atoms with Gasteiger partial charge in [-0.1, -0.05) is 41.6 Å². The number of methoxy groups -OCH3 is 1. The van der Waals surface area contributed by atoms with Crippen LogP contribution in [-0.2, 0) is 17.8 Å². The SMILES string of the molecule is COc1ccc(-c2noc(CCC(=O)N=c3ccccn3Cc3ccccc3)n2)cc1. The van der Waals surface area contributed by atoms with Crippen LogP contribution in [0.25, 0.3) is 11.4 Å². The van der Waals surface area contributed by atoms with Gasteiger partial charge in [-0.3, -0.25) is 4.79 Å². The highest BCUT2D eigenvalue weighted by Crippen LogP contribution is 2.20. The van der Waals surface area contributed by atoms with E-state index >= 15 is 0 Å². The standard InChI is InChI=1S/C24H22N4O3/c1-30-20-12-10-19(11-13-20)24-26-23(31-27-24)15-14-22(29)25-21-9-5-6-16-28(21)17-18-7-3-2-4-8-18/h2-13,16H,14-15,17H2,1H3. The summed E-state index contributed by atoms with van der Waals surface area (Å²) in [6.45, 7) is 0.642. The molecule has 0 spiro atoms. The summed E-state index contributed by atoms with van der Waals surface area (Å²) in [6, 6.07) is 23.0. The molecule has 0 saturated heterocycles. The van der Waals surface area contributed by atoms with Crippen LogP contribution in [0, 0.1) is 0 Å². The number of hydrogen-bond acceptors (Lipinski definition) is 5. The Bertz CT molecular complexity index is 1210. The average molecular weight is 414 g/mol. The zero-order valence-electron chi connectivity index (χ0n) is 17.1. The molecule has 0 N–H and O–H groups in total. The maximum absolute atomic E-state index is 12.5. The molecule has 156 valence electrons. The molecule has 31 heavy (non-hydrogen) atoms. The summed E-state index contributed by atoms with van der Waals surface area (Å²) in [7, 11) is 1.61. The highest BCUT2D eigenvalue weighted by molar-refractivity contribution is 5.76. The second-order valence-electron chi connectivity index (χ2n) is 6.92. The Morgan fingerprint density at radius 3 is 2.58 bits per heavy atom. The van der Waals surface area contributed by atoms with E-state index < -0.39 is 0 Å². The van der Waals surface area contributed by atoms with E-state index in [1.54, 1.807) is 7.11 Å². The lowest BCUT2D eigenvalue weighted by molar-refractivity contribution is -0.118. The molecule has 0 atom stereocenters. The van der Waals surface area contributed by atoms with Gasteiger partial charge in [0.2, 0.25) is 17.6 Å². The van der Waals surface area contributed by atoms with Crippen molar-refractivity contribution in [1.82, 2.24) is 14.7 Å². The van der Waals surface area contributed by atoms with Crippen LogP contribution in [0.3, 0.4) is 0 Å². The molecule has 0 unspecified atom stereocenters. The lowest BCUT2D eigenvalue weighted by Crippen LogP contribution is -2.22. The Balaban J connectivity index is 1.42. The molecule has 2 heterocycles. The summed E-state index contributed by atoms with van der Waals surface area (Å²) in [5.74, 6) is 1.40. The number of carbonyl (C=O) groups is 1. The van der Waals surface area contributed by atoms with Gasteiger partial charge in [0.05, 0.1) is 7.11 Å². The van der Waals surface area contributed by atoms with Crippen LogP contribution >= 0.6 is 0 Å². The minimum Gasteiger partial charge on any atom is -0.497 e. The van der Waals surface area contributed by atoms with E-state index in [4.69, 9.17) is 9.26 Å². The lowest BCUT2D eigenvalue weighted by atomic mass is 10.2. The minimum atomic E-state index is -0.239. The van der Waals surface area contributed by atoms with E-state index in [-0.39, 0.29) is 12.3 Å². The van der Waals surface area contributed by atoms with Crippen LogP contribution in [0.2, 0.25) is 0 Å². The number of carbonyl (C=O) groups excluding carboxylic acids is 1. The molecule has 0 saturated carbocycles. The molecule has 4 aromatic rings. The van der Waals surface area contributed by atoms with E-state index in [1.165, 1.54) is 0 Å². The van der Waals surface area contributed by atoms with Gasteiger partial charge in [-0.15, -0.1) is 0 Å². The zero-order valence-corrected chi connectivity index (χ0v) is 17.1. The van der Waals surface area contributed by atoms with Gasteiger partial charge >= 0.3 is 0 Å². The summed E-state index contributed by atoms with van der Waals surface area (Å²) >= 11 is 0. The van der Waals surface area contributed by atoms with Gasteiger partial charge in [-0.25, -0.2) is 0 Å². The topological polar surface area (TPSA) is 82.5 Å². The van der Waals surface area contributed by atoms with Gasteiger partial charge in [0.1, 0.15) is 11.2 Å². The molecule has 0 fully saturated rings. The van der Waals surface area contributed by atoms with Crippen molar-refractivity contribution < 1.29 is 14.1 Å². The van der Waals surface area contributed by atoms with Crippen molar-refractivity contribution in [3.8, 4) is 17.1 Å². The molecule has 0 aliphatic carbocycles. The molecule has 2 aromatic heterocycles. The molecule has 4 rings (SSSR count). The van der Waals surface area contributed by atoms with Gasteiger partial charge in [0.25, 0.3) is 0 Å². The molecule has 0 aliphatic heterocycles. The Labute approximate surface area is 179 Å². The van der Waals surface area contributed by atoms with Crippen molar-refractivity contribution in [2.45, 2.75) is 19.4 Å². The van der Waals surface area contributed by atoms with Crippen molar-refractivity contribution in [2.24, 2.45) is 4.99 Å². The summed E-state index contributed by atoms with van der Waals surface area (Å²) < 4.78 is 12.4. The van der Waals surface area contributed by atoms with E-state index in [2.05, 4.69) is 15.1 Å². The van der Waals surface area contributed by atoms with E-state index in [0.717, 1.165) is 16.9 Å². The highest BCUT2D eigenvalue weighted by atomic mass is 16.5. The van der Waals surface area contributed by atoms with Crippen LogP contribution in [0.15, 0.2) is 88.5 Å². The molecule has 0 bridgehead atoms. The number of aryl methyl sites for hydroxylation is 1. The molecular weight excluding hydrogens is 392 g/mol. The van der Waals surface area contributed by atoms with Crippen molar-refractivity contribution in [2.75, 3.05) is 7.11 Å². The first kappa shape index (κ1) is 20.3. The third kappa shape index (κ3) is 5.33. The second-order valence-corrected chi connectivity index (χ2v) is 6.92. The van der Waals surface area contributed by atoms with E-state index in [1.807, 2.05) is 83.6 Å². The summed E-state index contributed by atoms with van der Waals surface area (Å²) in [5, 5.41) is 3.99. The van der Waals surface area contributed by atoms with Gasteiger partial charge < -0.3 is 13.8 Å². The Morgan fingerprint density at radius 1 is 1.03 bits per heavy atom. The van der Waals surface area contributed by atoms with Crippen molar-refractivity contribution in [3.63, 3.8) is 0 Å². The molecule has 2 aromatic carbocycles. The third-order valence-electron chi connectivity index (χ3n) is 4.72. The third-order valence-corrected chi connectivity index (χ3v) is 4.72. The first-order chi connectivity index (χ1) is 15.2. The predicted octanol–water partition coefficient (Wildman–Crippen LogP) is 3.66. The Kier molecular flexibility index (Phi) is 6.32. The maximum Gasteiger partial charge on any atom is 0.248 e. The average Bonchev–Trinajstić information content (AvgIpc) is 3.29. The van der Waals surface area contributed by atoms with Gasteiger partial charge in [0, 0.05) is 31.1 Å². The van der Waals surface area contributed by atoms with Gasteiger partial charge in [0.15, 0.2) is 0 Å². The lowest BCUT2D eigenvalue weighted by Gasteiger charge is -2.07. The summed E-state index contributed by atoms with van der Waals surface area (Å²) in [4.78, 5) is 21.1. The first-order valence-electron chi connectivity index (χ1n) is 9.95. The Morgan fingerprint density at radius 2 is 1.81 bits per heavy atom. The predicted molar refractivity (Wildman–Crippen MR) is 115 cm³/mol. The highest BCUT2D eigenvalue weighted by Gasteiger charge is 2.11.